The molecule has 2 N–H and O–H groups in total. The first-order valence-electron chi connectivity index (χ1n) is 7.00. The van der Waals surface area contributed by atoms with Crippen LogP contribution in [0.1, 0.15) is 18.5 Å². The zero-order valence-corrected chi connectivity index (χ0v) is 12.8. The third kappa shape index (κ3) is 5.38. The molecule has 3 nitrogen and oxygen atoms in total. The van der Waals surface area contributed by atoms with Gasteiger partial charge in [-0.1, -0.05) is 41.9 Å². The summed E-state index contributed by atoms with van der Waals surface area (Å²) in [7, 11) is 0. The molecule has 2 aromatic carbocycles. The second kappa shape index (κ2) is 8.03. The Morgan fingerprint density at radius 1 is 1.10 bits per heavy atom. The molecule has 0 saturated heterocycles. The van der Waals surface area contributed by atoms with Crippen molar-refractivity contribution in [1.82, 2.24) is 5.32 Å². The van der Waals surface area contributed by atoms with Crippen molar-refractivity contribution in [2.75, 3.05) is 13.2 Å². The van der Waals surface area contributed by atoms with E-state index in [2.05, 4.69) is 24.4 Å². The van der Waals surface area contributed by atoms with Gasteiger partial charge in [0.1, 0.15) is 18.5 Å². The molecule has 112 valence electrons. The lowest BCUT2D eigenvalue weighted by molar-refractivity contribution is 0.104. The van der Waals surface area contributed by atoms with Gasteiger partial charge in [-0.15, -0.1) is 0 Å². The van der Waals surface area contributed by atoms with E-state index in [1.807, 2.05) is 18.2 Å². The van der Waals surface area contributed by atoms with E-state index >= 15 is 0 Å². The summed E-state index contributed by atoms with van der Waals surface area (Å²) < 4.78 is 5.51. The Balaban J connectivity index is 1.72. The average molecular weight is 306 g/mol. The SMILES string of the molecule is C[C@@H](NC[C@H](O)COc1ccc(Cl)cc1)c1ccccc1. The monoisotopic (exact) mass is 305 g/mol. The lowest BCUT2D eigenvalue weighted by Crippen LogP contribution is -2.33. The van der Waals surface area contributed by atoms with Crippen LogP contribution in [-0.4, -0.2) is 24.4 Å². The number of hydrogen-bond acceptors (Lipinski definition) is 3. The molecule has 2 atom stereocenters. The summed E-state index contributed by atoms with van der Waals surface area (Å²) in [6.07, 6.45) is -0.563. The predicted octanol–water partition coefficient (Wildman–Crippen LogP) is 3.43. The van der Waals surface area contributed by atoms with E-state index in [0.717, 1.165) is 0 Å². The van der Waals surface area contributed by atoms with E-state index in [1.165, 1.54) is 5.56 Å². The van der Waals surface area contributed by atoms with Gasteiger partial charge in [0, 0.05) is 17.6 Å². The molecule has 0 aromatic heterocycles. The molecule has 0 aliphatic heterocycles. The van der Waals surface area contributed by atoms with Crippen LogP contribution in [0.4, 0.5) is 0 Å². The van der Waals surface area contributed by atoms with Gasteiger partial charge in [0.2, 0.25) is 0 Å². The highest BCUT2D eigenvalue weighted by Gasteiger charge is 2.09. The molecule has 2 rings (SSSR count). The Hall–Kier alpha value is -1.55. The summed E-state index contributed by atoms with van der Waals surface area (Å²) >= 11 is 5.80. The summed E-state index contributed by atoms with van der Waals surface area (Å²) in [5.41, 5.74) is 1.20. The Labute approximate surface area is 130 Å². The first-order chi connectivity index (χ1) is 10.1. The minimum Gasteiger partial charge on any atom is -0.491 e. The number of benzene rings is 2. The molecule has 0 fully saturated rings. The van der Waals surface area contributed by atoms with Gasteiger partial charge in [-0.25, -0.2) is 0 Å². The highest BCUT2D eigenvalue weighted by atomic mass is 35.5. The van der Waals surface area contributed by atoms with E-state index in [1.54, 1.807) is 24.3 Å². The normalized spacial score (nSPS) is 13.7. The zero-order valence-electron chi connectivity index (χ0n) is 12.0. The molecule has 4 heteroatoms. The molecule has 0 saturated carbocycles. The first kappa shape index (κ1) is 15.8. The number of aliphatic hydroxyl groups excluding tert-OH is 1. The van der Waals surface area contributed by atoms with Gasteiger partial charge in [0.15, 0.2) is 0 Å². The number of hydrogen-bond donors (Lipinski definition) is 2. The Morgan fingerprint density at radius 2 is 1.76 bits per heavy atom. The second-order valence-corrected chi connectivity index (χ2v) is 5.40. The van der Waals surface area contributed by atoms with E-state index in [4.69, 9.17) is 16.3 Å². The summed E-state index contributed by atoms with van der Waals surface area (Å²) in [5.74, 6) is 0.703. The van der Waals surface area contributed by atoms with Crippen molar-refractivity contribution < 1.29 is 9.84 Å². The Bertz CT molecular complexity index is 530. The molecule has 21 heavy (non-hydrogen) atoms. The lowest BCUT2D eigenvalue weighted by atomic mass is 10.1. The third-order valence-electron chi connectivity index (χ3n) is 3.22. The number of nitrogens with one attached hydrogen (secondary N) is 1. The molecule has 0 aliphatic rings. The van der Waals surface area contributed by atoms with Crippen molar-refractivity contribution >= 4 is 11.6 Å². The lowest BCUT2D eigenvalue weighted by Gasteiger charge is -2.18. The molecule has 0 radical (unpaired) electrons. The van der Waals surface area contributed by atoms with Gasteiger partial charge in [-0.05, 0) is 36.8 Å². The third-order valence-corrected chi connectivity index (χ3v) is 3.47. The maximum absolute atomic E-state index is 9.95. The molecule has 0 heterocycles. The van der Waals surface area contributed by atoms with Crippen LogP contribution >= 0.6 is 11.6 Å². The topological polar surface area (TPSA) is 41.5 Å². The molecule has 2 aromatic rings. The van der Waals surface area contributed by atoms with Gasteiger partial charge in [0.25, 0.3) is 0 Å². The number of aliphatic hydroxyl groups is 1. The van der Waals surface area contributed by atoms with Crippen LogP contribution in [0.2, 0.25) is 5.02 Å². The van der Waals surface area contributed by atoms with E-state index < -0.39 is 6.10 Å². The maximum Gasteiger partial charge on any atom is 0.119 e. The summed E-state index contributed by atoms with van der Waals surface area (Å²) in [6, 6.07) is 17.4. The molecular weight excluding hydrogens is 286 g/mol. The average Bonchev–Trinajstić information content (AvgIpc) is 2.53. The summed E-state index contributed by atoms with van der Waals surface area (Å²) in [5, 5.41) is 13.9. The van der Waals surface area contributed by atoms with Gasteiger partial charge in [-0.2, -0.15) is 0 Å². The molecule has 0 spiro atoms. The first-order valence-corrected chi connectivity index (χ1v) is 7.37. The largest absolute Gasteiger partial charge is 0.491 e. The van der Waals surface area contributed by atoms with Gasteiger partial charge in [-0.3, -0.25) is 0 Å². The summed E-state index contributed by atoms with van der Waals surface area (Å²) in [4.78, 5) is 0. The molecular formula is C17H20ClNO2. The number of halogens is 1. The molecule has 0 amide bonds. The Kier molecular flexibility index (Phi) is 6.05. The highest BCUT2D eigenvalue weighted by molar-refractivity contribution is 6.30. The van der Waals surface area contributed by atoms with E-state index in [0.29, 0.717) is 17.3 Å². The van der Waals surface area contributed by atoms with Crippen molar-refractivity contribution in [3.05, 3.63) is 65.2 Å². The minimum atomic E-state index is -0.563. The molecule has 0 aliphatic carbocycles. The van der Waals surface area contributed by atoms with E-state index in [-0.39, 0.29) is 12.6 Å². The number of ether oxygens (including phenoxy) is 1. The van der Waals surface area contributed by atoms with Crippen LogP contribution in [0.3, 0.4) is 0 Å². The fourth-order valence-electron chi connectivity index (χ4n) is 1.95. The number of rotatable bonds is 7. The van der Waals surface area contributed by atoms with Gasteiger partial charge < -0.3 is 15.2 Å². The van der Waals surface area contributed by atoms with Crippen molar-refractivity contribution in [1.29, 1.82) is 0 Å². The van der Waals surface area contributed by atoms with Crippen LogP contribution in [0.15, 0.2) is 54.6 Å². The van der Waals surface area contributed by atoms with Crippen LogP contribution in [0.5, 0.6) is 5.75 Å². The second-order valence-electron chi connectivity index (χ2n) is 4.96. The van der Waals surface area contributed by atoms with Crippen LogP contribution in [0, 0.1) is 0 Å². The molecule has 0 bridgehead atoms. The fourth-order valence-corrected chi connectivity index (χ4v) is 2.08. The van der Waals surface area contributed by atoms with Crippen molar-refractivity contribution in [2.24, 2.45) is 0 Å². The van der Waals surface area contributed by atoms with Crippen LogP contribution in [-0.2, 0) is 0 Å². The standard InChI is InChI=1S/C17H20ClNO2/c1-13(14-5-3-2-4-6-14)19-11-16(20)12-21-17-9-7-15(18)8-10-17/h2-10,13,16,19-20H,11-12H2,1H3/t13-,16+/m1/s1. The van der Waals surface area contributed by atoms with E-state index in [9.17, 15) is 5.11 Å². The van der Waals surface area contributed by atoms with Crippen LogP contribution in [0.25, 0.3) is 0 Å². The zero-order chi connectivity index (χ0) is 15.1. The predicted molar refractivity (Wildman–Crippen MR) is 85.8 cm³/mol. The smallest absolute Gasteiger partial charge is 0.119 e. The summed E-state index contributed by atoms with van der Waals surface area (Å²) in [6.45, 7) is 2.79. The minimum absolute atomic E-state index is 0.191. The van der Waals surface area contributed by atoms with Crippen LogP contribution < -0.4 is 10.1 Å². The molecule has 0 unspecified atom stereocenters. The van der Waals surface area contributed by atoms with Gasteiger partial charge >= 0.3 is 0 Å². The van der Waals surface area contributed by atoms with Crippen molar-refractivity contribution in [3.8, 4) is 5.75 Å². The van der Waals surface area contributed by atoms with Gasteiger partial charge in [0.05, 0.1) is 0 Å². The Morgan fingerprint density at radius 3 is 2.43 bits per heavy atom. The van der Waals surface area contributed by atoms with Crippen molar-refractivity contribution in [2.45, 2.75) is 19.1 Å². The maximum atomic E-state index is 9.95. The fraction of sp³-hybridized carbons (Fsp3) is 0.294. The van der Waals surface area contributed by atoms with Crippen molar-refractivity contribution in [3.63, 3.8) is 0 Å². The highest BCUT2D eigenvalue weighted by Crippen LogP contribution is 2.15. The quantitative estimate of drug-likeness (QED) is 0.823.